The largest absolute Gasteiger partial charge is 0.462 e. The Morgan fingerprint density at radius 3 is 2.94 bits per heavy atom. The third kappa shape index (κ3) is 2.28. The Morgan fingerprint density at radius 2 is 2.33 bits per heavy atom. The average molecular weight is 248 g/mol. The summed E-state index contributed by atoms with van der Waals surface area (Å²) in [5.41, 5.74) is 8.06. The van der Waals surface area contributed by atoms with E-state index in [1.807, 2.05) is 12.1 Å². The van der Waals surface area contributed by atoms with Gasteiger partial charge in [0.25, 0.3) is 0 Å². The molecule has 0 bridgehead atoms. The lowest BCUT2D eigenvalue weighted by Crippen LogP contribution is -2.27. The van der Waals surface area contributed by atoms with Crippen molar-refractivity contribution in [1.29, 1.82) is 0 Å². The quantitative estimate of drug-likeness (QED) is 0.659. The van der Waals surface area contributed by atoms with E-state index < -0.39 is 0 Å². The number of carbonyl (C=O) groups excluding carboxylic acids is 1. The highest BCUT2D eigenvalue weighted by Gasteiger charge is 2.24. The van der Waals surface area contributed by atoms with Crippen LogP contribution in [-0.4, -0.2) is 25.2 Å². The minimum Gasteiger partial charge on any atom is -0.462 e. The summed E-state index contributed by atoms with van der Waals surface area (Å²) < 4.78 is 5.02. The number of carbonyl (C=O) groups is 1. The van der Waals surface area contributed by atoms with Crippen molar-refractivity contribution in [3.63, 3.8) is 0 Å². The number of nitrogens with zero attached hydrogens (tertiary/aromatic N) is 1. The Morgan fingerprint density at radius 1 is 1.56 bits per heavy atom. The molecule has 0 aliphatic carbocycles. The van der Waals surface area contributed by atoms with Crippen LogP contribution in [0.2, 0.25) is 0 Å². The summed E-state index contributed by atoms with van der Waals surface area (Å²) in [5, 5.41) is 0. The van der Waals surface area contributed by atoms with E-state index in [2.05, 4.69) is 11.8 Å². The second kappa shape index (κ2) is 5.29. The maximum Gasteiger partial charge on any atom is 0.340 e. The summed E-state index contributed by atoms with van der Waals surface area (Å²) in [6.45, 7) is 5.34. The Hall–Kier alpha value is -1.71. The number of esters is 1. The fourth-order valence-corrected chi connectivity index (χ4v) is 2.48. The van der Waals surface area contributed by atoms with Crippen LogP contribution in [0.5, 0.6) is 0 Å². The smallest absolute Gasteiger partial charge is 0.340 e. The molecule has 1 aliphatic rings. The lowest BCUT2D eigenvalue weighted by Gasteiger charge is -2.26. The van der Waals surface area contributed by atoms with Crippen LogP contribution in [0.15, 0.2) is 18.2 Å². The molecule has 98 valence electrons. The third-order valence-corrected chi connectivity index (χ3v) is 3.44. The molecule has 1 fully saturated rings. The van der Waals surface area contributed by atoms with Gasteiger partial charge in [0.15, 0.2) is 0 Å². The summed E-state index contributed by atoms with van der Waals surface area (Å²) in [5.74, 6) is -0.344. The topological polar surface area (TPSA) is 55.6 Å². The van der Waals surface area contributed by atoms with Gasteiger partial charge >= 0.3 is 5.97 Å². The SMILES string of the molecule is CCOC(=O)c1cccc(N2CCCC2C)c1N. The molecule has 1 heterocycles. The monoisotopic (exact) mass is 248 g/mol. The lowest BCUT2D eigenvalue weighted by molar-refractivity contribution is 0.0527. The Bertz CT molecular complexity index is 445. The van der Waals surface area contributed by atoms with Crippen LogP contribution in [0.3, 0.4) is 0 Å². The fourth-order valence-electron chi connectivity index (χ4n) is 2.48. The van der Waals surface area contributed by atoms with Gasteiger partial charge in [-0.05, 0) is 38.8 Å². The minimum absolute atomic E-state index is 0.344. The zero-order chi connectivity index (χ0) is 13.1. The minimum atomic E-state index is -0.344. The summed E-state index contributed by atoms with van der Waals surface area (Å²) in [6, 6.07) is 6.03. The molecule has 4 heteroatoms. The van der Waals surface area contributed by atoms with Crippen LogP contribution in [-0.2, 0) is 4.74 Å². The van der Waals surface area contributed by atoms with Crippen LogP contribution in [0, 0.1) is 0 Å². The molecule has 18 heavy (non-hydrogen) atoms. The van der Waals surface area contributed by atoms with Crippen LogP contribution in [0.4, 0.5) is 11.4 Å². The molecular weight excluding hydrogens is 228 g/mol. The third-order valence-electron chi connectivity index (χ3n) is 3.44. The number of anilines is 2. The maximum absolute atomic E-state index is 11.8. The van der Waals surface area contributed by atoms with E-state index in [1.165, 1.54) is 12.8 Å². The molecular formula is C14H20N2O2. The number of para-hydroxylation sites is 1. The number of nitrogens with two attached hydrogens (primary N) is 1. The fraction of sp³-hybridized carbons (Fsp3) is 0.500. The zero-order valence-corrected chi connectivity index (χ0v) is 11.0. The number of ether oxygens (including phenoxy) is 1. The second-order valence-electron chi connectivity index (χ2n) is 4.64. The summed E-state index contributed by atoms with van der Waals surface area (Å²) in [4.78, 5) is 14.1. The normalized spacial score (nSPS) is 19.0. The van der Waals surface area contributed by atoms with Crippen molar-refractivity contribution in [1.82, 2.24) is 0 Å². The predicted molar refractivity (Wildman–Crippen MR) is 72.9 cm³/mol. The first kappa shape index (κ1) is 12.7. The molecule has 0 saturated carbocycles. The van der Waals surface area contributed by atoms with Crippen molar-refractivity contribution in [3.05, 3.63) is 23.8 Å². The number of rotatable bonds is 3. The van der Waals surface area contributed by atoms with E-state index in [4.69, 9.17) is 10.5 Å². The van der Waals surface area contributed by atoms with Gasteiger partial charge in [-0.3, -0.25) is 0 Å². The molecule has 2 rings (SSSR count). The molecule has 1 aromatic carbocycles. The van der Waals surface area contributed by atoms with Crippen LogP contribution < -0.4 is 10.6 Å². The van der Waals surface area contributed by atoms with Crippen molar-refractivity contribution >= 4 is 17.3 Å². The molecule has 1 unspecified atom stereocenters. The van der Waals surface area contributed by atoms with E-state index in [9.17, 15) is 4.79 Å². The molecule has 1 saturated heterocycles. The van der Waals surface area contributed by atoms with Crippen LogP contribution in [0.25, 0.3) is 0 Å². The van der Waals surface area contributed by atoms with Crippen molar-refractivity contribution in [2.75, 3.05) is 23.8 Å². The van der Waals surface area contributed by atoms with E-state index in [1.54, 1.807) is 13.0 Å². The van der Waals surface area contributed by atoms with Gasteiger partial charge in [0.1, 0.15) is 0 Å². The molecule has 0 spiro atoms. The first-order chi connectivity index (χ1) is 8.65. The summed E-state index contributed by atoms with van der Waals surface area (Å²) in [7, 11) is 0. The first-order valence-electron chi connectivity index (χ1n) is 6.47. The number of hydrogen-bond donors (Lipinski definition) is 1. The molecule has 1 aliphatic heterocycles. The molecule has 4 nitrogen and oxygen atoms in total. The van der Waals surface area contributed by atoms with E-state index in [0.29, 0.717) is 23.9 Å². The van der Waals surface area contributed by atoms with Crippen LogP contribution in [0.1, 0.15) is 37.0 Å². The maximum atomic E-state index is 11.8. The highest BCUT2D eigenvalue weighted by molar-refractivity contribution is 5.98. The van der Waals surface area contributed by atoms with Gasteiger partial charge in [-0.15, -0.1) is 0 Å². The van der Waals surface area contributed by atoms with Gasteiger partial charge in [-0.25, -0.2) is 4.79 Å². The van der Waals surface area contributed by atoms with E-state index in [-0.39, 0.29) is 5.97 Å². The van der Waals surface area contributed by atoms with E-state index in [0.717, 1.165) is 12.2 Å². The van der Waals surface area contributed by atoms with Gasteiger partial charge in [-0.1, -0.05) is 6.07 Å². The Labute approximate surface area is 108 Å². The van der Waals surface area contributed by atoms with Gasteiger partial charge < -0.3 is 15.4 Å². The van der Waals surface area contributed by atoms with Gasteiger partial charge in [-0.2, -0.15) is 0 Å². The highest BCUT2D eigenvalue weighted by atomic mass is 16.5. The van der Waals surface area contributed by atoms with Crippen molar-refractivity contribution < 1.29 is 9.53 Å². The molecule has 2 N–H and O–H groups in total. The van der Waals surface area contributed by atoms with Gasteiger partial charge in [0.2, 0.25) is 0 Å². The molecule has 0 amide bonds. The van der Waals surface area contributed by atoms with Crippen LogP contribution >= 0.6 is 0 Å². The lowest BCUT2D eigenvalue weighted by atomic mass is 10.1. The highest BCUT2D eigenvalue weighted by Crippen LogP contribution is 2.32. The van der Waals surface area contributed by atoms with Crippen molar-refractivity contribution in [2.45, 2.75) is 32.7 Å². The first-order valence-corrected chi connectivity index (χ1v) is 6.47. The van der Waals surface area contributed by atoms with Crippen molar-refractivity contribution in [3.8, 4) is 0 Å². The Kier molecular flexibility index (Phi) is 3.75. The zero-order valence-electron chi connectivity index (χ0n) is 11.0. The predicted octanol–water partition coefficient (Wildman–Crippen LogP) is 2.43. The molecule has 1 atom stereocenters. The summed E-state index contributed by atoms with van der Waals surface area (Å²) >= 11 is 0. The van der Waals surface area contributed by atoms with E-state index >= 15 is 0 Å². The molecule has 0 aromatic heterocycles. The average Bonchev–Trinajstić information content (AvgIpc) is 2.76. The second-order valence-corrected chi connectivity index (χ2v) is 4.64. The van der Waals surface area contributed by atoms with Gasteiger partial charge in [0, 0.05) is 12.6 Å². The summed E-state index contributed by atoms with van der Waals surface area (Å²) in [6.07, 6.45) is 2.34. The standard InChI is InChI=1S/C14H20N2O2/c1-3-18-14(17)11-7-4-8-12(13(11)15)16-9-5-6-10(16)2/h4,7-8,10H,3,5-6,9,15H2,1-2H3. The number of nitrogen functional groups attached to an aromatic ring is 1. The number of benzene rings is 1. The van der Waals surface area contributed by atoms with Crippen molar-refractivity contribution in [2.24, 2.45) is 0 Å². The Balaban J connectivity index is 2.32. The number of hydrogen-bond acceptors (Lipinski definition) is 4. The molecule has 1 aromatic rings. The van der Waals surface area contributed by atoms with Gasteiger partial charge in [0.05, 0.1) is 23.5 Å². The molecule has 0 radical (unpaired) electrons.